The number of aryl methyl sites for hydroxylation is 1. The van der Waals surface area contributed by atoms with Gasteiger partial charge in [-0.25, -0.2) is 15.0 Å². The van der Waals surface area contributed by atoms with E-state index in [4.69, 9.17) is 0 Å². The first kappa shape index (κ1) is 20.3. The van der Waals surface area contributed by atoms with Gasteiger partial charge in [-0.1, -0.05) is 0 Å². The van der Waals surface area contributed by atoms with Crippen LogP contribution in [0.15, 0.2) is 43.0 Å². The van der Waals surface area contributed by atoms with Gasteiger partial charge in [0.25, 0.3) is 0 Å². The van der Waals surface area contributed by atoms with E-state index in [9.17, 15) is 13.2 Å². The third-order valence-corrected chi connectivity index (χ3v) is 5.19. The van der Waals surface area contributed by atoms with Crippen molar-refractivity contribution in [3.63, 3.8) is 0 Å². The molecule has 4 rings (SSSR count). The summed E-state index contributed by atoms with van der Waals surface area (Å²) < 4.78 is 41.3. The van der Waals surface area contributed by atoms with Crippen LogP contribution in [0.3, 0.4) is 0 Å². The van der Waals surface area contributed by atoms with Gasteiger partial charge < -0.3 is 5.32 Å². The average Bonchev–Trinajstić information content (AvgIpc) is 3.13. The quantitative estimate of drug-likeness (QED) is 0.682. The van der Waals surface area contributed by atoms with Crippen LogP contribution in [-0.2, 0) is 19.8 Å². The number of likely N-dealkylation sites (tertiary alicyclic amines) is 1. The van der Waals surface area contributed by atoms with Crippen LogP contribution in [0, 0.1) is 0 Å². The highest BCUT2D eigenvalue weighted by atomic mass is 19.4. The van der Waals surface area contributed by atoms with Crippen molar-refractivity contribution in [2.45, 2.75) is 31.5 Å². The molecule has 30 heavy (non-hydrogen) atoms. The molecule has 0 spiro atoms. The van der Waals surface area contributed by atoms with E-state index in [1.54, 1.807) is 10.9 Å². The highest BCUT2D eigenvalue weighted by molar-refractivity contribution is 5.54. The van der Waals surface area contributed by atoms with Crippen LogP contribution in [0.4, 0.5) is 24.9 Å². The van der Waals surface area contributed by atoms with Crippen LogP contribution in [-0.4, -0.2) is 42.7 Å². The summed E-state index contributed by atoms with van der Waals surface area (Å²) in [6.07, 6.45) is 4.11. The molecule has 4 heterocycles. The summed E-state index contributed by atoms with van der Waals surface area (Å²) in [4.78, 5) is 14.7. The van der Waals surface area contributed by atoms with Gasteiger partial charge in [-0.15, -0.1) is 0 Å². The van der Waals surface area contributed by atoms with E-state index in [1.165, 1.54) is 17.8 Å². The zero-order chi connectivity index (χ0) is 21.1. The van der Waals surface area contributed by atoms with Crippen molar-refractivity contribution in [1.82, 2.24) is 29.6 Å². The summed E-state index contributed by atoms with van der Waals surface area (Å²) in [5, 5.41) is 6.83. The fourth-order valence-electron chi connectivity index (χ4n) is 3.70. The first-order chi connectivity index (χ1) is 14.4. The van der Waals surface area contributed by atoms with Crippen molar-refractivity contribution < 1.29 is 13.2 Å². The Kier molecular flexibility index (Phi) is 5.67. The predicted octanol–water partition coefficient (Wildman–Crippen LogP) is 3.75. The number of aromatic nitrogens is 5. The second-order valence-electron chi connectivity index (χ2n) is 7.40. The maximum Gasteiger partial charge on any atom is 0.419 e. The first-order valence-electron chi connectivity index (χ1n) is 9.70. The van der Waals surface area contributed by atoms with E-state index >= 15 is 0 Å². The summed E-state index contributed by atoms with van der Waals surface area (Å²) in [5.74, 6) is 0.0625. The van der Waals surface area contributed by atoms with Gasteiger partial charge in [0.1, 0.15) is 5.82 Å². The molecule has 7 nitrogen and oxygen atoms in total. The molecule has 3 aromatic heterocycles. The lowest BCUT2D eigenvalue weighted by atomic mass is 9.93. The number of rotatable bonds is 5. The minimum absolute atomic E-state index is 0.120. The number of hydrogen-bond donors (Lipinski definition) is 1. The van der Waals surface area contributed by atoms with E-state index < -0.39 is 11.7 Å². The molecule has 0 aromatic carbocycles. The van der Waals surface area contributed by atoms with Crippen molar-refractivity contribution in [1.29, 1.82) is 0 Å². The summed E-state index contributed by atoms with van der Waals surface area (Å²) in [5.41, 5.74) is 1.17. The molecule has 1 saturated heterocycles. The molecule has 0 saturated carbocycles. The van der Waals surface area contributed by atoms with E-state index in [0.29, 0.717) is 0 Å². The average molecular weight is 417 g/mol. The number of nitrogens with one attached hydrogen (secondary N) is 1. The van der Waals surface area contributed by atoms with Gasteiger partial charge in [0.15, 0.2) is 0 Å². The Hall–Kier alpha value is -3.01. The van der Waals surface area contributed by atoms with E-state index in [0.717, 1.165) is 44.2 Å². The monoisotopic (exact) mass is 417 g/mol. The molecule has 158 valence electrons. The molecule has 1 N–H and O–H groups in total. The fraction of sp³-hybridized carbons (Fsp3) is 0.400. The number of hydrogen-bond acceptors (Lipinski definition) is 6. The number of nitrogens with zero attached hydrogens (tertiary/aromatic N) is 6. The van der Waals surface area contributed by atoms with Crippen LogP contribution in [0.5, 0.6) is 0 Å². The highest BCUT2D eigenvalue weighted by Gasteiger charge is 2.34. The van der Waals surface area contributed by atoms with Crippen molar-refractivity contribution in [3.8, 4) is 0 Å². The van der Waals surface area contributed by atoms with Crippen molar-refractivity contribution in [2.24, 2.45) is 7.05 Å². The number of halogens is 3. The minimum Gasteiger partial charge on any atom is -0.308 e. The van der Waals surface area contributed by atoms with Crippen LogP contribution in [0.2, 0.25) is 0 Å². The number of piperidine rings is 1. The van der Waals surface area contributed by atoms with E-state index in [2.05, 4.69) is 30.3 Å². The molecule has 10 heteroatoms. The van der Waals surface area contributed by atoms with Gasteiger partial charge in [0, 0.05) is 49.4 Å². The Morgan fingerprint density at radius 3 is 2.63 bits per heavy atom. The zero-order valence-corrected chi connectivity index (χ0v) is 16.5. The van der Waals surface area contributed by atoms with E-state index in [1.807, 2.05) is 25.5 Å². The second-order valence-corrected chi connectivity index (χ2v) is 7.40. The Morgan fingerprint density at radius 1 is 1.13 bits per heavy atom. The largest absolute Gasteiger partial charge is 0.419 e. The third-order valence-electron chi connectivity index (χ3n) is 5.19. The van der Waals surface area contributed by atoms with Gasteiger partial charge in [-0.3, -0.25) is 9.58 Å². The second kappa shape index (κ2) is 8.39. The smallest absolute Gasteiger partial charge is 0.308 e. The van der Waals surface area contributed by atoms with Gasteiger partial charge in [-0.2, -0.15) is 18.3 Å². The maximum absolute atomic E-state index is 13.2. The number of anilines is 2. The SMILES string of the molecule is Cn1cc(CN2CCC(c3ccnc(Nc4ncccc4C(F)(F)F)n3)CC2)cn1. The molecule has 1 aliphatic rings. The highest BCUT2D eigenvalue weighted by Crippen LogP contribution is 2.34. The Morgan fingerprint density at radius 2 is 1.93 bits per heavy atom. The predicted molar refractivity (Wildman–Crippen MR) is 105 cm³/mol. The molecule has 3 aromatic rings. The van der Waals surface area contributed by atoms with Crippen LogP contribution < -0.4 is 5.32 Å². The molecular formula is C20H22F3N7. The van der Waals surface area contributed by atoms with Gasteiger partial charge in [0.05, 0.1) is 11.8 Å². The van der Waals surface area contributed by atoms with Crippen LogP contribution >= 0.6 is 0 Å². The molecule has 0 bridgehead atoms. The topological polar surface area (TPSA) is 71.8 Å². The lowest BCUT2D eigenvalue weighted by molar-refractivity contribution is -0.137. The summed E-state index contributed by atoms with van der Waals surface area (Å²) in [7, 11) is 1.90. The Labute approximate surface area is 172 Å². The summed E-state index contributed by atoms with van der Waals surface area (Å²) >= 11 is 0. The zero-order valence-electron chi connectivity index (χ0n) is 16.5. The Bertz CT molecular complexity index is 994. The van der Waals surface area contributed by atoms with Crippen molar-refractivity contribution >= 4 is 11.8 Å². The molecular weight excluding hydrogens is 395 g/mol. The van der Waals surface area contributed by atoms with Crippen LogP contribution in [0.1, 0.15) is 35.6 Å². The van der Waals surface area contributed by atoms with Crippen molar-refractivity contribution in [3.05, 3.63) is 59.8 Å². The molecule has 1 fully saturated rings. The lowest BCUT2D eigenvalue weighted by Gasteiger charge is -2.31. The molecule has 0 aliphatic carbocycles. The van der Waals surface area contributed by atoms with Gasteiger partial charge >= 0.3 is 6.18 Å². The molecule has 0 amide bonds. The fourth-order valence-corrected chi connectivity index (χ4v) is 3.70. The first-order valence-corrected chi connectivity index (χ1v) is 9.70. The van der Waals surface area contributed by atoms with Crippen LogP contribution in [0.25, 0.3) is 0 Å². The number of alkyl halides is 3. The summed E-state index contributed by atoms with van der Waals surface area (Å²) in [6.45, 7) is 2.70. The summed E-state index contributed by atoms with van der Waals surface area (Å²) in [6, 6.07) is 4.07. The number of pyridine rings is 1. The van der Waals surface area contributed by atoms with E-state index in [-0.39, 0.29) is 17.7 Å². The van der Waals surface area contributed by atoms with Crippen molar-refractivity contribution in [2.75, 3.05) is 18.4 Å². The third kappa shape index (κ3) is 4.76. The molecule has 0 radical (unpaired) electrons. The normalized spacial score (nSPS) is 16.0. The minimum atomic E-state index is -4.50. The van der Waals surface area contributed by atoms with Gasteiger partial charge in [0.2, 0.25) is 5.95 Å². The van der Waals surface area contributed by atoms with Gasteiger partial charge in [-0.05, 0) is 44.1 Å². The maximum atomic E-state index is 13.2. The molecule has 0 atom stereocenters. The molecule has 0 unspecified atom stereocenters. The lowest BCUT2D eigenvalue weighted by Crippen LogP contribution is -2.32. The Balaban J connectivity index is 1.41. The molecule has 1 aliphatic heterocycles. The standard InChI is InChI=1S/C20H22F3N7/c1-29-12-14(11-26-29)13-30-9-5-15(6-10-30)17-4-8-25-19(27-17)28-18-16(20(21,22)23)3-2-7-24-18/h2-4,7-8,11-12,15H,5-6,9-10,13H2,1H3,(H,24,25,27,28).